The molecule has 1 aromatic heterocycles. The van der Waals surface area contributed by atoms with E-state index in [1.165, 1.54) is 11.3 Å². The second kappa shape index (κ2) is 6.38. The highest BCUT2D eigenvalue weighted by Crippen LogP contribution is 2.25. The van der Waals surface area contributed by atoms with Gasteiger partial charge in [-0.1, -0.05) is 26.0 Å². The van der Waals surface area contributed by atoms with Crippen LogP contribution in [0.15, 0.2) is 29.6 Å². The Bertz CT molecular complexity index is 578. The fourth-order valence-corrected chi connectivity index (χ4v) is 2.19. The predicted molar refractivity (Wildman–Crippen MR) is 81.8 cm³/mol. The van der Waals surface area contributed by atoms with Gasteiger partial charge >= 0.3 is 6.09 Å². The minimum Gasteiger partial charge on any atom is -0.449 e. The Morgan fingerprint density at radius 2 is 2.10 bits per heavy atom. The zero-order valence-electron chi connectivity index (χ0n) is 11.4. The monoisotopic (exact) mass is 291 g/mol. The minimum atomic E-state index is -0.475. The van der Waals surface area contributed by atoms with Crippen LogP contribution in [0, 0.1) is 5.92 Å². The molecule has 1 heterocycles. The molecule has 1 aromatic carbocycles. The number of carbonyl (C=O) groups excluding carboxylic acids is 1. The molecular formula is C14H17N3O2S. The summed E-state index contributed by atoms with van der Waals surface area (Å²) in [6, 6.07) is 7.42. The van der Waals surface area contributed by atoms with Crippen molar-refractivity contribution in [1.82, 2.24) is 4.98 Å². The summed E-state index contributed by atoms with van der Waals surface area (Å²) < 4.78 is 5.04. The quantitative estimate of drug-likeness (QED) is 0.844. The topological polar surface area (TPSA) is 77.2 Å². The van der Waals surface area contributed by atoms with Crippen LogP contribution in [0.1, 0.15) is 13.8 Å². The van der Waals surface area contributed by atoms with Crippen LogP contribution >= 0.6 is 11.3 Å². The van der Waals surface area contributed by atoms with Crippen molar-refractivity contribution in [3.05, 3.63) is 29.6 Å². The van der Waals surface area contributed by atoms with E-state index in [4.69, 9.17) is 10.5 Å². The van der Waals surface area contributed by atoms with Gasteiger partial charge in [-0.25, -0.2) is 9.78 Å². The second-order valence-corrected chi connectivity index (χ2v) is 5.64. The second-order valence-electron chi connectivity index (χ2n) is 4.78. The number of hydrogen-bond acceptors (Lipinski definition) is 5. The molecule has 0 saturated carbocycles. The number of benzene rings is 1. The molecule has 3 N–H and O–H groups in total. The van der Waals surface area contributed by atoms with Gasteiger partial charge in [-0.2, -0.15) is 0 Å². The van der Waals surface area contributed by atoms with Gasteiger partial charge in [0.05, 0.1) is 12.3 Å². The number of nitrogens with zero attached hydrogens (tertiary/aromatic N) is 1. The number of nitrogens with one attached hydrogen (secondary N) is 1. The van der Waals surface area contributed by atoms with E-state index < -0.39 is 6.09 Å². The first-order chi connectivity index (χ1) is 9.54. The molecular weight excluding hydrogens is 274 g/mol. The molecule has 0 aliphatic carbocycles. The van der Waals surface area contributed by atoms with Crippen molar-refractivity contribution in [3.63, 3.8) is 0 Å². The van der Waals surface area contributed by atoms with Gasteiger partial charge in [0.15, 0.2) is 5.13 Å². The first-order valence-corrected chi connectivity index (χ1v) is 7.18. The maximum absolute atomic E-state index is 11.5. The lowest BCUT2D eigenvalue weighted by atomic mass is 10.1. The molecule has 0 aliphatic heterocycles. The number of thiazole rings is 1. The Kier molecular flexibility index (Phi) is 4.57. The van der Waals surface area contributed by atoms with Crippen molar-refractivity contribution in [3.8, 4) is 11.3 Å². The van der Waals surface area contributed by atoms with Crippen LogP contribution in [0.25, 0.3) is 11.3 Å². The zero-order chi connectivity index (χ0) is 14.5. The molecule has 0 fully saturated rings. The molecule has 1 amide bonds. The van der Waals surface area contributed by atoms with Gasteiger partial charge in [0.1, 0.15) is 0 Å². The Labute approximate surface area is 121 Å². The lowest BCUT2D eigenvalue weighted by Crippen LogP contribution is -2.16. The molecule has 0 atom stereocenters. The van der Waals surface area contributed by atoms with Crippen molar-refractivity contribution in [2.45, 2.75) is 13.8 Å². The van der Waals surface area contributed by atoms with E-state index in [1.54, 1.807) is 0 Å². The van der Waals surface area contributed by atoms with Gasteiger partial charge in [-0.05, 0) is 18.1 Å². The van der Waals surface area contributed by atoms with Crippen LogP contribution in [-0.4, -0.2) is 17.7 Å². The van der Waals surface area contributed by atoms with Crippen LogP contribution in [-0.2, 0) is 4.74 Å². The van der Waals surface area contributed by atoms with Crippen molar-refractivity contribution in [1.29, 1.82) is 0 Å². The number of aromatic nitrogens is 1. The molecule has 2 aromatic rings. The lowest BCUT2D eigenvalue weighted by molar-refractivity contribution is 0.147. The lowest BCUT2D eigenvalue weighted by Gasteiger charge is -2.06. The number of ether oxygens (including phenoxy) is 1. The molecule has 0 unspecified atom stereocenters. The first kappa shape index (κ1) is 14.3. The summed E-state index contributed by atoms with van der Waals surface area (Å²) in [4.78, 5) is 15.9. The molecule has 0 spiro atoms. The van der Waals surface area contributed by atoms with Crippen molar-refractivity contribution < 1.29 is 9.53 Å². The standard InChI is InChI=1S/C14H17N3O2S/c1-9(2)7-19-14(18)17-13-16-12(8-20-13)10-3-5-11(15)6-4-10/h3-6,8-9H,7,15H2,1-2H3,(H,16,17,18). The summed E-state index contributed by atoms with van der Waals surface area (Å²) in [5.74, 6) is 0.308. The van der Waals surface area contributed by atoms with Gasteiger partial charge < -0.3 is 10.5 Å². The zero-order valence-corrected chi connectivity index (χ0v) is 12.2. The van der Waals surface area contributed by atoms with Gasteiger partial charge in [0.25, 0.3) is 0 Å². The van der Waals surface area contributed by atoms with E-state index in [-0.39, 0.29) is 0 Å². The summed E-state index contributed by atoms with van der Waals surface area (Å²) in [6.45, 7) is 4.35. The third-order valence-electron chi connectivity index (χ3n) is 2.47. The Hall–Kier alpha value is -2.08. The Morgan fingerprint density at radius 3 is 2.75 bits per heavy atom. The van der Waals surface area contributed by atoms with Crippen LogP contribution in [0.2, 0.25) is 0 Å². The van der Waals surface area contributed by atoms with Gasteiger partial charge in [0.2, 0.25) is 0 Å². The Balaban J connectivity index is 1.98. The number of rotatable bonds is 4. The maximum Gasteiger partial charge on any atom is 0.413 e. The van der Waals surface area contributed by atoms with Crippen LogP contribution in [0.3, 0.4) is 0 Å². The number of nitrogen functional groups attached to an aromatic ring is 1. The van der Waals surface area contributed by atoms with Crippen molar-refractivity contribution >= 4 is 28.2 Å². The van der Waals surface area contributed by atoms with Crippen LogP contribution < -0.4 is 11.1 Å². The maximum atomic E-state index is 11.5. The average Bonchev–Trinajstić information content (AvgIpc) is 2.85. The molecule has 20 heavy (non-hydrogen) atoms. The highest BCUT2D eigenvalue weighted by Gasteiger charge is 2.09. The van der Waals surface area contributed by atoms with E-state index in [2.05, 4.69) is 10.3 Å². The molecule has 0 bridgehead atoms. The van der Waals surface area contributed by atoms with E-state index >= 15 is 0 Å². The predicted octanol–water partition coefficient (Wildman–Crippen LogP) is 3.60. The summed E-state index contributed by atoms with van der Waals surface area (Å²) in [5.41, 5.74) is 8.11. The normalized spacial score (nSPS) is 10.6. The average molecular weight is 291 g/mol. The number of nitrogens with two attached hydrogens (primary N) is 1. The van der Waals surface area contributed by atoms with Gasteiger partial charge in [-0.3, -0.25) is 5.32 Å². The fraction of sp³-hybridized carbons (Fsp3) is 0.286. The molecule has 106 valence electrons. The number of anilines is 2. The fourth-order valence-electron chi connectivity index (χ4n) is 1.48. The first-order valence-electron chi connectivity index (χ1n) is 6.30. The largest absolute Gasteiger partial charge is 0.449 e. The SMILES string of the molecule is CC(C)COC(=O)Nc1nc(-c2ccc(N)cc2)cs1. The van der Waals surface area contributed by atoms with Crippen LogP contribution in [0.5, 0.6) is 0 Å². The summed E-state index contributed by atoms with van der Waals surface area (Å²) in [5, 5.41) is 5.02. The summed E-state index contributed by atoms with van der Waals surface area (Å²) in [6.07, 6.45) is -0.475. The third-order valence-corrected chi connectivity index (χ3v) is 3.23. The summed E-state index contributed by atoms with van der Waals surface area (Å²) in [7, 11) is 0. The highest BCUT2D eigenvalue weighted by atomic mass is 32.1. The van der Waals surface area contributed by atoms with E-state index in [0.29, 0.717) is 23.3 Å². The molecule has 0 saturated heterocycles. The molecule has 0 aliphatic rings. The number of carbonyl (C=O) groups is 1. The number of amides is 1. The minimum absolute atomic E-state index is 0.308. The van der Waals surface area contributed by atoms with Crippen LogP contribution in [0.4, 0.5) is 15.6 Å². The van der Waals surface area contributed by atoms with Crippen molar-refractivity contribution in [2.75, 3.05) is 17.7 Å². The molecule has 5 nitrogen and oxygen atoms in total. The third kappa shape index (κ3) is 3.96. The van der Waals surface area contributed by atoms with E-state index in [9.17, 15) is 4.79 Å². The summed E-state index contributed by atoms with van der Waals surface area (Å²) >= 11 is 1.36. The molecule has 2 rings (SSSR count). The van der Waals surface area contributed by atoms with Gasteiger partial charge in [0, 0.05) is 16.6 Å². The molecule has 0 radical (unpaired) electrons. The number of hydrogen-bond donors (Lipinski definition) is 2. The Morgan fingerprint density at radius 1 is 1.40 bits per heavy atom. The molecule has 6 heteroatoms. The smallest absolute Gasteiger partial charge is 0.413 e. The van der Waals surface area contributed by atoms with Gasteiger partial charge in [-0.15, -0.1) is 11.3 Å². The van der Waals surface area contributed by atoms with E-state index in [1.807, 2.05) is 43.5 Å². The van der Waals surface area contributed by atoms with E-state index in [0.717, 1.165) is 11.3 Å². The highest BCUT2D eigenvalue weighted by molar-refractivity contribution is 7.14. The van der Waals surface area contributed by atoms with Crippen molar-refractivity contribution in [2.24, 2.45) is 5.92 Å².